The number of amides is 1. The van der Waals surface area contributed by atoms with E-state index in [4.69, 9.17) is 4.74 Å². The lowest BCUT2D eigenvalue weighted by Gasteiger charge is -2.33. The number of aromatic nitrogens is 3. The summed E-state index contributed by atoms with van der Waals surface area (Å²) in [6.07, 6.45) is 9.02. The fourth-order valence-corrected chi connectivity index (χ4v) is 3.29. The van der Waals surface area contributed by atoms with Gasteiger partial charge in [-0.05, 0) is 38.5 Å². The Morgan fingerprint density at radius 3 is 2.86 bits per heavy atom. The zero-order valence-corrected chi connectivity index (χ0v) is 13.4. The van der Waals surface area contributed by atoms with Crippen LogP contribution in [0.2, 0.25) is 0 Å². The quantitative estimate of drug-likeness (QED) is 0.834. The van der Waals surface area contributed by atoms with Gasteiger partial charge in [0.2, 0.25) is 0 Å². The van der Waals surface area contributed by atoms with Crippen LogP contribution in [0.15, 0.2) is 6.20 Å². The van der Waals surface area contributed by atoms with Crippen molar-refractivity contribution < 1.29 is 9.53 Å². The molecule has 0 bridgehead atoms. The molecule has 3 heterocycles. The topological polar surface area (TPSA) is 60.2 Å². The third-order valence-electron chi connectivity index (χ3n) is 4.70. The molecular formula is C16H26N4O2. The Bertz CT molecular complexity index is 488. The molecule has 0 spiro atoms. The number of nitrogens with zero attached hydrogens (tertiary/aromatic N) is 4. The molecule has 2 aliphatic rings. The summed E-state index contributed by atoms with van der Waals surface area (Å²) in [7, 11) is 0. The highest BCUT2D eigenvalue weighted by Gasteiger charge is 2.31. The number of carbonyl (C=O) groups is 1. The normalized spacial score (nSPS) is 23.1. The van der Waals surface area contributed by atoms with Gasteiger partial charge in [0.15, 0.2) is 0 Å². The Labute approximate surface area is 131 Å². The molecular weight excluding hydrogens is 280 g/mol. The summed E-state index contributed by atoms with van der Waals surface area (Å²) in [5, 5.41) is 8.54. The van der Waals surface area contributed by atoms with E-state index in [1.165, 1.54) is 6.42 Å². The van der Waals surface area contributed by atoms with Crippen molar-refractivity contribution in [2.45, 2.75) is 64.0 Å². The van der Waals surface area contributed by atoms with Crippen LogP contribution in [-0.2, 0) is 16.0 Å². The van der Waals surface area contributed by atoms with Crippen molar-refractivity contribution in [1.82, 2.24) is 19.9 Å². The van der Waals surface area contributed by atoms with Crippen LogP contribution in [0.1, 0.15) is 57.2 Å². The highest BCUT2D eigenvalue weighted by molar-refractivity contribution is 5.81. The molecule has 0 aromatic carbocycles. The molecule has 3 rings (SSSR count). The second-order valence-electron chi connectivity index (χ2n) is 6.35. The van der Waals surface area contributed by atoms with Crippen molar-refractivity contribution in [3.05, 3.63) is 11.9 Å². The minimum absolute atomic E-state index is 0.179. The minimum atomic E-state index is -0.191. The van der Waals surface area contributed by atoms with Crippen molar-refractivity contribution in [2.75, 3.05) is 19.7 Å². The molecule has 2 saturated heterocycles. The SMILES string of the molecule is CCCCc1cn(C2CCN(C(=O)C3CCCO3)CC2)nn1. The summed E-state index contributed by atoms with van der Waals surface area (Å²) in [6, 6.07) is 0.372. The third-order valence-corrected chi connectivity index (χ3v) is 4.70. The maximum Gasteiger partial charge on any atom is 0.251 e. The number of hydrogen-bond donors (Lipinski definition) is 0. The molecule has 6 nitrogen and oxygen atoms in total. The fourth-order valence-electron chi connectivity index (χ4n) is 3.29. The van der Waals surface area contributed by atoms with Gasteiger partial charge >= 0.3 is 0 Å². The van der Waals surface area contributed by atoms with Crippen molar-refractivity contribution in [3.8, 4) is 0 Å². The Morgan fingerprint density at radius 1 is 1.36 bits per heavy atom. The second-order valence-corrected chi connectivity index (χ2v) is 6.35. The molecule has 22 heavy (non-hydrogen) atoms. The first-order valence-electron chi connectivity index (χ1n) is 8.59. The molecule has 2 aliphatic heterocycles. The number of rotatable bonds is 5. The van der Waals surface area contributed by atoms with Crippen molar-refractivity contribution in [2.24, 2.45) is 0 Å². The maximum absolute atomic E-state index is 12.3. The average Bonchev–Trinajstić information content (AvgIpc) is 3.24. The zero-order chi connectivity index (χ0) is 15.4. The largest absolute Gasteiger partial charge is 0.368 e. The molecule has 0 aliphatic carbocycles. The average molecular weight is 306 g/mol. The van der Waals surface area contributed by atoms with E-state index in [2.05, 4.69) is 23.4 Å². The van der Waals surface area contributed by atoms with E-state index in [0.29, 0.717) is 6.04 Å². The minimum Gasteiger partial charge on any atom is -0.368 e. The summed E-state index contributed by atoms with van der Waals surface area (Å²) in [6.45, 7) is 4.51. The van der Waals surface area contributed by atoms with E-state index >= 15 is 0 Å². The smallest absolute Gasteiger partial charge is 0.251 e. The van der Waals surface area contributed by atoms with E-state index in [1.54, 1.807) is 0 Å². The standard InChI is InChI=1S/C16H26N4O2/c1-2-3-5-13-12-20(18-17-13)14-7-9-19(10-8-14)16(21)15-6-4-11-22-15/h12,14-15H,2-11H2,1H3. The first-order chi connectivity index (χ1) is 10.8. The van der Waals surface area contributed by atoms with Gasteiger partial charge in [0.1, 0.15) is 6.10 Å². The summed E-state index contributed by atoms with van der Waals surface area (Å²) in [4.78, 5) is 14.3. The van der Waals surface area contributed by atoms with Crippen LogP contribution < -0.4 is 0 Å². The van der Waals surface area contributed by atoms with Crippen LogP contribution in [0, 0.1) is 0 Å². The lowest BCUT2D eigenvalue weighted by Crippen LogP contribution is -2.44. The highest BCUT2D eigenvalue weighted by Crippen LogP contribution is 2.24. The van der Waals surface area contributed by atoms with E-state index in [-0.39, 0.29) is 12.0 Å². The lowest BCUT2D eigenvalue weighted by molar-refractivity contribution is -0.142. The first kappa shape index (κ1) is 15.5. The van der Waals surface area contributed by atoms with Gasteiger partial charge < -0.3 is 9.64 Å². The van der Waals surface area contributed by atoms with Gasteiger partial charge in [-0.2, -0.15) is 0 Å². The van der Waals surface area contributed by atoms with E-state index in [0.717, 1.165) is 63.9 Å². The molecule has 1 unspecified atom stereocenters. The van der Waals surface area contributed by atoms with Gasteiger partial charge in [0.05, 0.1) is 11.7 Å². The van der Waals surface area contributed by atoms with E-state index in [9.17, 15) is 4.79 Å². The van der Waals surface area contributed by atoms with Crippen LogP contribution in [-0.4, -0.2) is 51.6 Å². The molecule has 0 saturated carbocycles. The Kier molecular flexibility index (Phi) is 5.08. The molecule has 1 aromatic heterocycles. The number of unbranched alkanes of at least 4 members (excludes halogenated alkanes) is 1. The van der Waals surface area contributed by atoms with Crippen molar-refractivity contribution in [3.63, 3.8) is 0 Å². The first-order valence-corrected chi connectivity index (χ1v) is 8.59. The lowest BCUT2D eigenvalue weighted by atomic mass is 10.0. The fraction of sp³-hybridized carbons (Fsp3) is 0.812. The summed E-state index contributed by atoms with van der Waals surface area (Å²) >= 11 is 0. The Morgan fingerprint density at radius 2 is 2.18 bits per heavy atom. The molecule has 122 valence electrons. The summed E-state index contributed by atoms with van der Waals surface area (Å²) < 4.78 is 7.50. The van der Waals surface area contributed by atoms with Gasteiger partial charge in [0, 0.05) is 25.9 Å². The third kappa shape index (κ3) is 3.48. The van der Waals surface area contributed by atoms with Gasteiger partial charge in [-0.15, -0.1) is 5.10 Å². The van der Waals surface area contributed by atoms with Crippen LogP contribution in [0.3, 0.4) is 0 Å². The number of ether oxygens (including phenoxy) is 1. The van der Waals surface area contributed by atoms with Crippen molar-refractivity contribution in [1.29, 1.82) is 0 Å². The monoisotopic (exact) mass is 306 g/mol. The van der Waals surface area contributed by atoms with Crippen LogP contribution >= 0.6 is 0 Å². The maximum atomic E-state index is 12.3. The number of aryl methyl sites for hydroxylation is 1. The molecule has 0 radical (unpaired) electrons. The Hall–Kier alpha value is -1.43. The molecule has 1 atom stereocenters. The van der Waals surface area contributed by atoms with Crippen LogP contribution in [0.25, 0.3) is 0 Å². The number of piperidine rings is 1. The van der Waals surface area contributed by atoms with Crippen molar-refractivity contribution >= 4 is 5.91 Å². The van der Waals surface area contributed by atoms with Gasteiger partial charge in [-0.25, -0.2) is 4.68 Å². The molecule has 1 aromatic rings. The van der Waals surface area contributed by atoms with E-state index < -0.39 is 0 Å². The second kappa shape index (κ2) is 7.22. The molecule has 2 fully saturated rings. The molecule has 1 amide bonds. The van der Waals surface area contributed by atoms with E-state index in [1.807, 2.05) is 9.58 Å². The summed E-state index contributed by atoms with van der Waals surface area (Å²) in [5.74, 6) is 0.179. The predicted molar refractivity (Wildman–Crippen MR) is 82.5 cm³/mol. The van der Waals surface area contributed by atoms with Crippen LogP contribution in [0.5, 0.6) is 0 Å². The van der Waals surface area contributed by atoms with Gasteiger partial charge in [-0.3, -0.25) is 4.79 Å². The zero-order valence-electron chi connectivity index (χ0n) is 13.4. The molecule has 6 heteroatoms. The van der Waals surface area contributed by atoms with Crippen LogP contribution in [0.4, 0.5) is 0 Å². The number of carbonyl (C=O) groups excluding carboxylic acids is 1. The summed E-state index contributed by atoms with van der Waals surface area (Å²) in [5.41, 5.74) is 1.08. The predicted octanol–water partition coefficient (Wildman–Crippen LogP) is 1.96. The highest BCUT2D eigenvalue weighted by atomic mass is 16.5. The number of likely N-dealkylation sites (tertiary alicyclic amines) is 1. The van der Waals surface area contributed by atoms with Gasteiger partial charge in [-0.1, -0.05) is 18.6 Å². The Balaban J connectivity index is 1.50. The van der Waals surface area contributed by atoms with Gasteiger partial charge in [0.25, 0.3) is 5.91 Å². The number of hydrogen-bond acceptors (Lipinski definition) is 4. The molecule has 0 N–H and O–H groups in total.